The van der Waals surface area contributed by atoms with E-state index in [1.165, 1.54) is 5.56 Å². The molecule has 3 heterocycles. The van der Waals surface area contributed by atoms with E-state index in [0.717, 1.165) is 56.4 Å². The lowest BCUT2D eigenvalue weighted by Gasteiger charge is -2.32. The molecule has 2 aliphatic heterocycles. The first-order chi connectivity index (χ1) is 11.8. The normalized spacial score (nSPS) is 20.9. The maximum atomic E-state index is 6.11. The van der Waals surface area contributed by atoms with Gasteiger partial charge < -0.3 is 14.4 Å². The second-order valence-corrected chi connectivity index (χ2v) is 6.44. The van der Waals surface area contributed by atoms with E-state index in [9.17, 15) is 0 Å². The van der Waals surface area contributed by atoms with Gasteiger partial charge in [0.1, 0.15) is 5.75 Å². The van der Waals surface area contributed by atoms with Crippen LogP contribution in [-0.4, -0.2) is 41.1 Å². The number of fused-ring (bicyclic) bond motifs is 1. The molecule has 2 aliphatic rings. The molecule has 1 aromatic heterocycles. The fourth-order valence-electron chi connectivity index (χ4n) is 3.70. The Morgan fingerprint density at radius 2 is 2.00 bits per heavy atom. The van der Waals surface area contributed by atoms with E-state index in [0.29, 0.717) is 6.10 Å². The summed E-state index contributed by atoms with van der Waals surface area (Å²) >= 11 is 0. The highest BCUT2D eigenvalue weighted by Crippen LogP contribution is 2.36. The number of anilines is 1. The molecule has 1 unspecified atom stereocenters. The molecular formula is C18H24N4O2. The molecule has 0 aliphatic carbocycles. The first-order valence-electron chi connectivity index (χ1n) is 8.75. The van der Waals surface area contributed by atoms with Crippen molar-refractivity contribution in [2.75, 3.05) is 25.1 Å². The van der Waals surface area contributed by atoms with Gasteiger partial charge in [0.25, 0.3) is 0 Å². The Bertz CT molecular complexity index is 682. The van der Waals surface area contributed by atoms with Crippen LogP contribution in [0.15, 0.2) is 24.3 Å². The molecule has 0 amide bonds. The van der Waals surface area contributed by atoms with Crippen molar-refractivity contribution in [3.63, 3.8) is 0 Å². The lowest BCUT2D eigenvalue weighted by Crippen LogP contribution is -2.38. The fraction of sp³-hybridized carbons (Fsp3) is 0.556. The molecule has 6 nitrogen and oxygen atoms in total. The van der Waals surface area contributed by atoms with Gasteiger partial charge in [-0.2, -0.15) is 0 Å². The van der Waals surface area contributed by atoms with Gasteiger partial charge in [0.15, 0.2) is 11.9 Å². The first kappa shape index (κ1) is 15.4. The van der Waals surface area contributed by atoms with Crippen LogP contribution in [0.5, 0.6) is 5.75 Å². The van der Waals surface area contributed by atoms with E-state index in [-0.39, 0.29) is 6.10 Å². The SMILES string of the molecule is CCn1c(C2Cc3ccccc3O2)nnc1N1CCC(OC)CC1. The minimum atomic E-state index is -0.0416. The van der Waals surface area contributed by atoms with Crippen molar-refractivity contribution >= 4 is 5.95 Å². The topological polar surface area (TPSA) is 52.4 Å². The zero-order chi connectivity index (χ0) is 16.5. The minimum Gasteiger partial charge on any atom is -0.482 e. The number of hydrogen-bond donors (Lipinski definition) is 0. The van der Waals surface area contributed by atoms with E-state index in [1.54, 1.807) is 7.11 Å². The number of ether oxygens (including phenoxy) is 2. The Kier molecular flexibility index (Phi) is 4.14. The van der Waals surface area contributed by atoms with E-state index in [1.807, 2.05) is 12.1 Å². The highest BCUT2D eigenvalue weighted by atomic mass is 16.5. The second-order valence-electron chi connectivity index (χ2n) is 6.44. The molecule has 128 valence electrons. The summed E-state index contributed by atoms with van der Waals surface area (Å²) in [5, 5.41) is 8.97. The van der Waals surface area contributed by atoms with Crippen molar-refractivity contribution < 1.29 is 9.47 Å². The largest absolute Gasteiger partial charge is 0.482 e. The van der Waals surface area contributed by atoms with Crippen molar-refractivity contribution in [3.8, 4) is 5.75 Å². The van der Waals surface area contributed by atoms with Crippen molar-refractivity contribution in [1.29, 1.82) is 0 Å². The molecule has 0 spiro atoms. The summed E-state index contributed by atoms with van der Waals surface area (Å²) in [6, 6.07) is 8.22. The highest BCUT2D eigenvalue weighted by Gasteiger charge is 2.31. The van der Waals surface area contributed by atoms with Crippen LogP contribution in [0.3, 0.4) is 0 Å². The van der Waals surface area contributed by atoms with Gasteiger partial charge in [0.2, 0.25) is 5.95 Å². The zero-order valence-electron chi connectivity index (χ0n) is 14.3. The Morgan fingerprint density at radius 3 is 2.71 bits per heavy atom. The summed E-state index contributed by atoms with van der Waals surface area (Å²) in [5.41, 5.74) is 1.25. The molecule has 0 saturated carbocycles. The van der Waals surface area contributed by atoms with Gasteiger partial charge in [-0.25, -0.2) is 0 Å². The summed E-state index contributed by atoms with van der Waals surface area (Å²) in [5.74, 6) is 2.86. The number of benzene rings is 1. The number of aromatic nitrogens is 3. The van der Waals surface area contributed by atoms with Gasteiger partial charge in [-0.05, 0) is 31.4 Å². The third kappa shape index (κ3) is 2.65. The van der Waals surface area contributed by atoms with Crippen LogP contribution >= 0.6 is 0 Å². The third-order valence-corrected chi connectivity index (χ3v) is 5.07. The maximum Gasteiger partial charge on any atom is 0.227 e. The molecule has 0 N–H and O–H groups in total. The summed E-state index contributed by atoms with van der Waals surface area (Å²) in [4.78, 5) is 2.32. The van der Waals surface area contributed by atoms with Gasteiger partial charge in [-0.1, -0.05) is 18.2 Å². The van der Waals surface area contributed by atoms with Crippen LogP contribution in [0, 0.1) is 0 Å². The molecule has 1 aromatic carbocycles. The summed E-state index contributed by atoms with van der Waals surface area (Å²) < 4.78 is 13.8. The van der Waals surface area contributed by atoms with Gasteiger partial charge in [0.05, 0.1) is 6.10 Å². The van der Waals surface area contributed by atoms with E-state index in [4.69, 9.17) is 9.47 Å². The lowest BCUT2D eigenvalue weighted by atomic mass is 10.1. The molecule has 6 heteroatoms. The predicted octanol–water partition coefficient (Wildman–Crippen LogP) is 2.59. The Balaban J connectivity index is 1.55. The highest BCUT2D eigenvalue weighted by molar-refractivity contribution is 5.39. The lowest BCUT2D eigenvalue weighted by molar-refractivity contribution is 0.0815. The minimum absolute atomic E-state index is 0.0416. The predicted molar refractivity (Wildman–Crippen MR) is 91.5 cm³/mol. The molecule has 0 radical (unpaired) electrons. The fourth-order valence-corrected chi connectivity index (χ4v) is 3.70. The number of piperidine rings is 1. The smallest absolute Gasteiger partial charge is 0.227 e. The summed E-state index contributed by atoms with van der Waals surface area (Å²) in [6.07, 6.45) is 3.26. The van der Waals surface area contributed by atoms with Crippen molar-refractivity contribution in [2.45, 2.75) is 44.9 Å². The first-order valence-corrected chi connectivity index (χ1v) is 8.75. The molecule has 24 heavy (non-hydrogen) atoms. The van der Waals surface area contributed by atoms with Crippen LogP contribution in [0.2, 0.25) is 0 Å². The van der Waals surface area contributed by atoms with Gasteiger partial charge >= 0.3 is 0 Å². The van der Waals surface area contributed by atoms with Crippen LogP contribution < -0.4 is 9.64 Å². The monoisotopic (exact) mass is 328 g/mol. The van der Waals surface area contributed by atoms with Gasteiger partial charge in [-0.15, -0.1) is 10.2 Å². The molecule has 4 rings (SSSR count). The zero-order valence-corrected chi connectivity index (χ0v) is 14.3. The van der Waals surface area contributed by atoms with E-state index < -0.39 is 0 Å². The molecule has 1 atom stereocenters. The number of rotatable bonds is 4. The number of para-hydroxylation sites is 1. The average Bonchev–Trinajstić information content (AvgIpc) is 3.25. The van der Waals surface area contributed by atoms with Crippen molar-refractivity contribution in [3.05, 3.63) is 35.7 Å². The maximum absolute atomic E-state index is 6.11. The molecule has 1 fully saturated rings. The van der Waals surface area contributed by atoms with Crippen molar-refractivity contribution in [1.82, 2.24) is 14.8 Å². The Morgan fingerprint density at radius 1 is 1.21 bits per heavy atom. The molecule has 1 saturated heterocycles. The summed E-state index contributed by atoms with van der Waals surface area (Å²) in [7, 11) is 1.79. The van der Waals surface area contributed by atoms with Gasteiger partial charge in [-0.3, -0.25) is 4.57 Å². The third-order valence-electron chi connectivity index (χ3n) is 5.07. The van der Waals surface area contributed by atoms with E-state index >= 15 is 0 Å². The molecule has 0 bridgehead atoms. The number of hydrogen-bond acceptors (Lipinski definition) is 5. The Hall–Kier alpha value is -2.08. The van der Waals surface area contributed by atoms with Crippen LogP contribution in [0.4, 0.5) is 5.95 Å². The quantitative estimate of drug-likeness (QED) is 0.863. The number of nitrogens with zero attached hydrogens (tertiary/aromatic N) is 4. The molecule has 2 aromatic rings. The van der Waals surface area contributed by atoms with Gasteiger partial charge in [0, 0.05) is 33.2 Å². The second kappa shape index (κ2) is 6.43. The van der Waals surface area contributed by atoms with Crippen LogP contribution in [0.1, 0.15) is 37.3 Å². The number of methoxy groups -OCH3 is 1. The van der Waals surface area contributed by atoms with E-state index in [2.05, 4.69) is 38.7 Å². The van der Waals surface area contributed by atoms with Crippen molar-refractivity contribution in [2.24, 2.45) is 0 Å². The standard InChI is InChI=1S/C18H24N4O2/c1-3-22-17(16-12-13-6-4-5-7-15(13)24-16)19-20-18(22)21-10-8-14(23-2)9-11-21/h4-7,14,16H,3,8-12H2,1-2H3. The Labute approximate surface area is 142 Å². The molecular weight excluding hydrogens is 304 g/mol. The van der Waals surface area contributed by atoms with Crippen LogP contribution in [0.25, 0.3) is 0 Å². The average molecular weight is 328 g/mol. The summed E-state index contributed by atoms with van der Waals surface area (Å²) in [6.45, 7) is 4.91. The van der Waals surface area contributed by atoms with Crippen LogP contribution in [-0.2, 0) is 17.7 Å².